The number of carbonyl (C=O) groups is 4. The van der Waals surface area contributed by atoms with Crippen LogP contribution in [0.1, 0.15) is 19.4 Å². The van der Waals surface area contributed by atoms with Crippen LogP contribution in [0.3, 0.4) is 0 Å². The van der Waals surface area contributed by atoms with Crippen LogP contribution in [0, 0.1) is 0 Å². The molecule has 0 saturated heterocycles. The average Bonchev–Trinajstić information content (AvgIpc) is 2.65. The van der Waals surface area contributed by atoms with E-state index in [1.54, 1.807) is 30.3 Å². The van der Waals surface area contributed by atoms with Gasteiger partial charge >= 0.3 is 5.97 Å². The van der Waals surface area contributed by atoms with Crippen molar-refractivity contribution in [3.8, 4) is 0 Å². The topological polar surface area (TPSA) is 151 Å². The van der Waals surface area contributed by atoms with Crippen molar-refractivity contribution in [1.29, 1.82) is 0 Å². The van der Waals surface area contributed by atoms with E-state index in [4.69, 9.17) is 5.73 Å². The molecule has 4 unspecified atom stereocenters. The largest absolute Gasteiger partial charge is 0.480 e. The molecule has 10 heteroatoms. The summed E-state index contributed by atoms with van der Waals surface area (Å²) >= 11 is 4.02. The van der Waals surface area contributed by atoms with Crippen molar-refractivity contribution in [2.24, 2.45) is 5.73 Å². The molecule has 9 nitrogen and oxygen atoms in total. The third kappa shape index (κ3) is 7.57. The number of carboxylic acids is 1. The molecule has 0 fully saturated rings. The number of benzene rings is 1. The fraction of sp³-hybridized carbons (Fsp3) is 0.444. The Hall–Kier alpha value is -2.59. The molecule has 28 heavy (non-hydrogen) atoms. The molecule has 0 saturated carbocycles. The second-order valence-corrected chi connectivity index (χ2v) is 6.72. The molecular formula is C18H26N4O5S. The number of aliphatic carboxylic acids is 1. The monoisotopic (exact) mass is 410 g/mol. The number of rotatable bonds is 10. The van der Waals surface area contributed by atoms with Crippen LogP contribution in [0.15, 0.2) is 30.3 Å². The predicted octanol–water partition coefficient (Wildman–Crippen LogP) is -0.935. The van der Waals surface area contributed by atoms with E-state index in [9.17, 15) is 24.3 Å². The summed E-state index contributed by atoms with van der Waals surface area (Å²) in [5.74, 6) is -2.99. The van der Waals surface area contributed by atoms with Gasteiger partial charge in [-0.1, -0.05) is 30.3 Å². The highest BCUT2D eigenvalue weighted by Gasteiger charge is 2.27. The molecule has 4 atom stereocenters. The fourth-order valence-electron chi connectivity index (χ4n) is 2.22. The Labute approximate surface area is 168 Å². The predicted molar refractivity (Wildman–Crippen MR) is 107 cm³/mol. The maximum absolute atomic E-state index is 12.3. The number of nitrogens with two attached hydrogens (primary N) is 1. The van der Waals surface area contributed by atoms with Gasteiger partial charge in [-0.2, -0.15) is 12.6 Å². The SMILES string of the molecule is CC(N)C(=O)NC(CS)C(=O)NC(C)C(=O)NC(Cc1ccccc1)C(=O)O. The summed E-state index contributed by atoms with van der Waals surface area (Å²) in [6.07, 6.45) is 0.103. The average molecular weight is 410 g/mol. The Morgan fingerprint density at radius 2 is 1.54 bits per heavy atom. The summed E-state index contributed by atoms with van der Waals surface area (Å²) in [5, 5.41) is 16.6. The summed E-state index contributed by atoms with van der Waals surface area (Å²) in [5.41, 5.74) is 6.20. The van der Waals surface area contributed by atoms with Gasteiger partial charge in [-0.15, -0.1) is 0 Å². The highest BCUT2D eigenvalue weighted by atomic mass is 32.1. The number of amides is 3. The Balaban J connectivity index is 2.67. The molecule has 0 aromatic heterocycles. The maximum atomic E-state index is 12.3. The van der Waals surface area contributed by atoms with E-state index in [1.165, 1.54) is 13.8 Å². The molecule has 0 radical (unpaired) electrons. The summed E-state index contributed by atoms with van der Waals surface area (Å²) in [4.78, 5) is 47.6. The molecule has 0 aliphatic carbocycles. The Morgan fingerprint density at radius 3 is 2.04 bits per heavy atom. The standard InChI is InChI=1S/C18H26N4O5S/c1-10(19)15(23)22-14(9-28)17(25)20-11(2)16(24)21-13(18(26)27)8-12-6-4-3-5-7-12/h3-7,10-11,13-14,28H,8-9,19H2,1-2H3,(H,20,25)(H,21,24)(H,22,23)(H,26,27). The summed E-state index contributed by atoms with van der Waals surface area (Å²) in [6.45, 7) is 2.88. The van der Waals surface area contributed by atoms with Crippen LogP contribution < -0.4 is 21.7 Å². The summed E-state index contributed by atoms with van der Waals surface area (Å²) < 4.78 is 0. The van der Waals surface area contributed by atoms with Gasteiger partial charge in [0, 0.05) is 12.2 Å². The number of carbonyl (C=O) groups excluding carboxylic acids is 3. The van der Waals surface area contributed by atoms with Gasteiger partial charge < -0.3 is 26.8 Å². The molecule has 1 rings (SSSR count). The Bertz CT molecular complexity index is 698. The molecular weight excluding hydrogens is 384 g/mol. The highest BCUT2D eigenvalue weighted by Crippen LogP contribution is 2.04. The summed E-state index contributed by atoms with van der Waals surface area (Å²) in [7, 11) is 0. The van der Waals surface area contributed by atoms with Crippen LogP contribution >= 0.6 is 12.6 Å². The van der Waals surface area contributed by atoms with Crippen LogP contribution in [0.25, 0.3) is 0 Å². The number of thiol groups is 1. The molecule has 0 spiro atoms. The first-order valence-electron chi connectivity index (χ1n) is 8.70. The Morgan fingerprint density at radius 1 is 0.964 bits per heavy atom. The van der Waals surface area contributed by atoms with Gasteiger partial charge in [0.25, 0.3) is 0 Å². The Kier molecular flexibility index (Phi) is 9.46. The minimum atomic E-state index is -1.19. The van der Waals surface area contributed by atoms with E-state index in [1.807, 2.05) is 0 Å². The van der Waals surface area contributed by atoms with E-state index in [0.717, 1.165) is 5.56 Å². The molecule has 0 heterocycles. The van der Waals surface area contributed by atoms with E-state index >= 15 is 0 Å². The zero-order chi connectivity index (χ0) is 21.3. The second-order valence-electron chi connectivity index (χ2n) is 6.35. The van der Waals surface area contributed by atoms with Crippen molar-refractivity contribution in [3.05, 3.63) is 35.9 Å². The van der Waals surface area contributed by atoms with Crippen molar-refractivity contribution < 1.29 is 24.3 Å². The normalized spacial score (nSPS) is 14.9. The van der Waals surface area contributed by atoms with Gasteiger partial charge in [-0.3, -0.25) is 14.4 Å². The quantitative estimate of drug-likeness (QED) is 0.274. The van der Waals surface area contributed by atoms with Crippen LogP contribution in [-0.4, -0.2) is 58.7 Å². The summed E-state index contributed by atoms with van der Waals surface area (Å²) in [6, 6.07) is 4.92. The van der Waals surface area contributed by atoms with Crippen LogP contribution in [0.2, 0.25) is 0 Å². The third-order valence-electron chi connectivity index (χ3n) is 3.88. The molecule has 3 amide bonds. The fourth-order valence-corrected chi connectivity index (χ4v) is 2.48. The van der Waals surface area contributed by atoms with E-state index in [2.05, 4.69) is 28.6 Å². The van der Waals surface area contributed by atoms with Crippen LogP contribution in [0.4, 0.5) is 0 Å². The molecule has 6 N–H and O–H groups in total. The van der Waals surface area contributed by atoms with Crippen LogP contribution in [-0.2, 0) is 25.6 Å². The van der Waals surface area contributed by atoms with Gasteiger partial charge in [-0.25, -0.2) is 4.79 Å². The molecule has 0 bridgehead atoms. The van der Waals surface area contributed by atoms with Crippen molar-refractivity contribution in [1.82, 2.24) is 16.0 Å². The zero-order valence-corrected chi connectivity index (χ0v) is 16.6. The van der Waals surface area contributed by atoms with Crippen molar-refractivity contribution in [2.45, 2.75) is 44.4 Å². The molecule has 154 valence electrons. The molecule has 0 aliphatic heterocycles. The van der Waals surface area contributed by atoms with Gasteiger partial charge in [0.05, 0.1) is 6.04 Å². The number of nitrogens with one attached hydrogen (secondary N) is 3. The molecule has 0 aliphatic rings. The van der Waals surface area contributed by atoms with Crippen molar-refractivity contribution in [2.75, 3.05) is 5.75 Å². The molecule has 1 aromatic rings. The number of carboxylic acid groups (broad SMARTS) is 1. The third-order valence-corrected chi connectivity index (χ3v) is 4.24. The van der Waals surface area contributed by atoms with Crippen molar-refractivity contribution in [3.63, 3.8) is 0 Å². The minimum Gasteiger partial charge on any atom is -0.480 e. The number of hydrogen-bond acceptors (Lipinski definition) is 6. The second kappa shape index (κ2) is 11.3. The smallest absolute Gasteiger partial charge is 0.326 e. The van der Waals surface area contributed by atoms with E-state index in [0.29, 0.717) is 0 Å². The lowest BCUT2D eigenvalue weighted by Gasteiger charge is -2.22. The first-order chi connectivity index (χ1) is 13.1. The lowest BCUT2D eigenvalue weighted by molar-refractivity contribution is -0.142. The van der Waals surface area contributed by atoms with Gasteiger partial charge in [0.2, 0.25) is 17.7 Å². The lowest BCUT2D eigenvalue weighted by Crippen LogP contribution is -2.56. The molecule has 1 aromatic carbocycles. The van der Waals surface area contributed by atoms with Gasteiger partial charge in [0.1, 0.15) is 18.1 Å². The highest BCUT2D eigenvalue weighted by molar-refractivity contribution is 7.80. The van der Waals surface area contributed by atoms with E-state index in [-0.39, 0.29) is 12.2 Å². The van der Waals surface area contributed by atoms with Gasteiger partial charge in [-0.05, 0) is 19.4 Å². The number of hydrogen-bond donors (Lipinski definition) is 6. The lowest BCUT2D eigenvalue weighted by atomic mass is 10.1. The zero-order valence-electron chi connectivity index (χ0n) is 15.7. The maximum Gasteiger partial charge on any atom is 0.326 e. The van der Waals surface area contributed by atoms with Crippen molar-refractivity contribution >= 4 is 36.3 Å². The van der Waals surface area contributed by atoms with Crippen LogP contribution in [0.5, 0.6) is 0 Å². The van der Waals surface area contributed by atoms with Gasteiger partial charge in [0.15, 0.2) is 0 Å². The van der Waals surface area contributed by atoms with E-state index < -0.39 is 47.9 Å². The minimum absolute atomic E-state index is 0.00436. The first-order valence-corrected chi connectivity index (χ1v) is 9.33. The first kappa shape index (κ1) is 23.4.